The molecule has 0 amide bonds. The number of imidazole rings is 1. The van der Waals surface area contributed by atoms with Crippen LogP contribution in [0.3, 0.4) is 0 Å². The quantitative estimate of drug-likeness (QED) is 0.491. The van der Waals surface area contributed by atoms with Crippen molar-refractivity contribution in [3.8, 4) is 11.3 Å². The number of hydrogen-bond donors (Lipinski definition) is 0. The highest BCUT2D eigenvalue weighted by Crippen LogP contribution is 2.22. The zero-order valence-electron chi connectivity index (χ0n) is 10.3. The maximum atomic E-state index is 4.70. The zero-order valence-corrected chi connectivity index (χ0v) is 10.3. The molecule has 0 N–H and O–H groups in total. The van der Waals surface area contributed by atoms with E-state index in [9.17, 15) is 0 Å². The summed E-state index contributed by atoms with van der Waals surface area (Å²) in [5, 5.41) is 1.23. The summed E-state index contributed by atoms with van der Waals surface area (Å²) in [4.78, 5) is 4.70. The van der Waals surface area contributed by atoms with Gasteiger partial charge in [-0.25, -0.2) is 4.98 Å². The summed E-state index contributed by atoms with van der Waals surface area (Å²) in [7, 11) is 0. The summed E-state index contributed by atoms with van der Waals surface area (Å²) >= 11 is 0. The number of pyridine rings is 1. The van der Waals surface area contributed by atoms with Crippen molar-refractivity contribution in [2.45, 2.75) is 0 Å². The maximum absolute atomic E-state index is 4.70. The van der Waals surface area contributed by atoms with E-state index in [-0.39, 0.29) is 0 Å². The van der Waals surface area contributed by atoms with Crippen molar-refractivity contribution in [2.24, 2.45) is 0 Å². The van der Waals surface area contributed by atoms with E-state index >= 15 is 0 Å². The number of nitrogens with zero attached hydrogens (tertiary/aromatic N) is 2. The first-order valence-corrected chi connectivity index (χ1v) is 6.34. The van der Waals surface area contributed by atoms with E-state index in [1.807, 2.05) is 18.2 Å². The van der Waals surface area contributed by atoms with Gasteiger partial charge in [0.05, 0.1) is 11.2 Å². The molecule has 90 valence electrons. The molecule has 0 spiro atoms. The van der Waals surface area contributed by atoms with Gasteiger partial charge in [-0.05, 0) is 23.6 Å². The van der Waals surface area contributed by atoms with Gasteiger partial charge in [-0.1, -0.05) is 48.5 Å². The van der Waals surface area contributed by atoms with Gasteiger partial charge in [0.15, 0.2) is 0 Å². The lowest BCUT2D eigenvalue weighted by molar-refractivity contribution is 1.26. The van der Waals surface area contributed by atoms with Gasteiger partial charge in [0.2, 0.25) is 0 Å². The van der Waals surface area contributed by atoms with Crippen LogP contribution in [-0.4, -0.2) is 9.38 Å². The Morgan fingerprint density at radius 2 is 1.53 bits per heavy atom. The summed E-state index contributed by atoms with van der Waals surface area (Å²) in [5.41, 5.74) is 4.33. The fourth-order valence-corrected chi connectivity index (χ4v) is 2.47. The molecule has 0 saturated heterocycles. The lowest BCUT2D eigenvalue weighted by atomic mass is 10.2. The Bertz CT molecular complexity index is 860. The number of para-hydroxylation sites is 1. The molecular weight excluding hydrogens is 232 g/mol. The van der Waals surface area contributed by atoms with Crippen molar-refractivity contribution in [3.63, 3.8) is 0 Å². The number of rotatable bonds is 1. The number of fused-ring (bicyclic) bond motifs is 3. The van der Waals surface area contributed by atoms with Crippen LogP contribution in [0.15, 0.2) is 72.9 Å². The molecule has 2 heteroatoms. The highest BCUT2D eigenvalue weighted by atomic mass is 15.0. The first-order chi connectivity index (χ1) is 9.42. The smallest absolute Gasteiger partial charge is 0.137 e. The van der Waals surface area contributed by atoms with E-state index in [0.29, 0.717) is 0 Å². The van der Waals surface area contributed by atoms with Crippen LogP contribution in [0.25, 0.3) is 27.8 Å². The molecule has 0 aliphatic rings. The summed E-state index contributed by atoms with van der Waals surface area (Å²) in [5.74, 6) is 0. The highest BCUT2D eigenvalue weighted by molar-refractivity contribution is 5.82. The molecule has 0 atom stereocenters. The van der Waals surface area contributed by atoms with E-state index < -0.39 is 0 Å². The molecule has 4 aromatic rings. The Morgan fingerprint density at radius 3 is 2.42 bits per heavy atom. The van der Waals surface area contributed by atoms with Crippen LogP contribution in [0.5, 0.6) is 0 Å². The van der Waals surface area contributed by atoms with Gasteiger partial charge < -0.3 is 0 Å². The van der Waals surface area contributed by atoms with E-state index in [1.54, 1.807) is 0 Å². The third kappa shape index (κ3) is 1.61. The van der Waals surface area contributed by atoms with Crippen molar-refractivity contribution in [3.05, 3.63) is 72.9 Å². The minimum Gasteiger partial charge on any atom is -0.299 e. The third-order valence-corrected chi connectivity index (χ3v) is 3.41. The molecule has 2 nitrogen and oxygen atoms in total. The molecule has 2 aromatic heterocycles. The maximum Gasteiger partial charge on any atom is 0.137 e. The van der Waals surface area contributed by atoms with Crippen LogP contribution in [0.4, 0.5) is 0 Å². The Morgan fingerprint density at radius 1 is 0.737 bits per heavy atom. The minimum atomic E-state index is 0.984. The van der Waals surface area contributed by atoms with E-state index in [0.717, 1.165) is 16.9 Å². The average Bonchev–Trinajstić information content (AvgIpc) is 2.93. The molecule has 0 fully saturated rings. The molecule has 0 radical (unpaired) electrons. The summed E-state index contributed by atoms with van der Waals surface area (Å²) < 4.78 is 2.15. The van der Waals surface area contributed by atoms with Gasteiger partial charge in [-0.15, -0.1) is 0 Å². The lowest BCUT2D eigenvalue weighted by Crippen LogP contribution is -1.85. The van der Waals surface area contributed by atoms with Crippen LogP contribution < -0.4 is 0 Å². The largest absolute Gasteiger partial charge is 0.299 e. The van der Waals surface area contributed by atoms with Gasteiger partial charge in [0.1, 0.15) is 5.65 Å². The van der Waals surface area contributed by atoms with Gasteiger partial charge in [-0.3, -0.25) is 4.40 Å². The average molecular weight is 244 g/mol. The Hall–Kier alpha value is -2.61. The highest BCUT2D eigenvalue weighted by Gasteiger charge is 2.05. The Kier molecular flexibility index (Phi) is 2.15. The van der Waals surface area contributed by atoms with Crippen molar-refractivity contribution < 1.29 is 0 Å². The van der Waals surface area contributed by atoms with E-state index in [2.05, 4.69) is 59.1 Å². The number of hydrogen-bond acceptors (Lipinski definition) is 1. The van der Waals surface area contributed by atoms with Crippen molar-refractivity contribution in [1.82, 2.24) is 9.38 Å². The molecule has 0 bridgehead atoms. The molecule has 19 heavy (non-hydrogen) atoms. The monoisotopic (exact) mass is 244 g/mol. The van der Waals surface area contributed by atoms with Crippen LogP contribution in [-0.2, 0) is 0 Å². The predicted molar refractivity (Wildman–Crippen MR) is 78.1 cm³/mol. The molecule has 0 unspecified atom stereocenters. The lowest BCUT2D eigenvalue weighted by Gasteiger charge is -2.00. The van der Waals surface area contributed by atoms with E-state index in [4.69, 9.17) is 4.98 Å². The predicted octanol–water partition coefficient (Wildman–Crippen LogP) is 4.15. The second-order valence-corrected chi connectivity index (χ2v) is 4.61. The molecule has 4 rings (SSSR count). The summed E-state index contributed by atoms with van der Waals surface area (Å²) in [6, 6.07) is 22.8. The molecular formula is C17H12N2. The van der Waals surface area contributed by atoms with Gasteiger partial charge in [0.25, 0.3) is 0 Å². The molecule has 2 heterocycles. The zero-order chi connectivity index (χ0) is 12.7. The fourth-order valence-electron chi connectivity index (χ4n) is 2.47. The van der Waals surface area contributed by atoms with Crippen LogP contribution in [0, 0.1) is 0 Å². The molecule has 0 aliphatic carbocycles. The fraction of sp³-hybridized carbons (Fsp3) is 0. The second-order valence-electron chi connectivity index (χ2n) is 4.61. The van der Waals surface area contributed by atoms with Crippen molar-refractivity contribution in [2.75, 3.05) is 0 Å². The van der Waals surface area contributed by atoms with Gasteiger partial charge >= 0.3 is 0 Å². The molecule has 2 aromatic carbocycles. The van der Waals surface area contributed by atoms with E-state index in [1.165, 1.54) is 10.9 Å². The molecule has 0 saturated carbocycles. The summed E-state index contributed by atoms with van der Waals surface area (Å²) in [6.45, 7) is 0. The van der Waals surface area contributed by atoms with Crippen LogP contribution in [0.1, 0.15) is 0 Å². The number of aromatic nitrogens is 2. The normalized spacial score (nSPS) is 11.2. The van der Waals surface area contributed by atoms with Crippen molar-refractivity contribution >= 4 is 16.6 Å². The second kappa shape index (κ2) is 3.95. The first-order valence-electron chi connectivity index (χ1n) is 6.34. The summed E-state index contributed by atoms with van der Waals surface area (Å²) in [6.07, 6.45) is 2.10. The SMILES string of the molecule is c1ccc(-c2cn3c(ccc4ccccc43)n2)cc1. The van der Waals surface area contributed by atoms with Crippen LogP contribution >= 0.6 is 0 Å². The third-order valence-electron chi connectivity index (χ3n) is 3.41. The topological polar surface area (TPSA) is 17.3 Å². The first kappa shape index (κ1) is 10.3. The van der Waals surface area contributed by atoms with Crippen LogP contribution in [0.2, 0.25) is 0 Å². The van der Waals surface area contributed by atoms with Gasteiger partial charge in [0, 0.05) is 11.8 Å². The standard InChI is InChI=1S/C17H12N2/c1-2-6-13(7-3-1)15-12-19-16-9-5-4-8-14(16)10-11-17(19)18-15/h1-12H. The Balaban J connectivity index is 2.04. The van der Waals surface area contributed by atoms with Crippen molar-refractivity contribution in [1.29, 1.82) is 0 Å². The Labute approximate surface area is 111 Å². The van der Waals surface area contributed by atoms with Gasteiger partial charge in [-0.2, -0.15) is 0 Å². The minimum absolute atomic E-state index is 0.984. The molecule has 0 aliphatic heterocycles. The number of benzene rings is 2.